The largest absolute Gasteiger partial charge is 0.486 e. The molecule has 0 aliphatic rings. The van der Waals surface area contributed by atoms with Gasteiger partial charge in [0.15, 0.2) is 0 Å². The molecule has 0 saturated heterocycles. The van der Waals surface area contributed by atoms with E-state index in [2.05, 4.69) is 20.2 Å². The summed E-state index contributed by atoms with van der Waals surface area (Å²) < 4.78 is 10.6. The van der Waals surface area contributed by atoms with Crippen molar-refractivity contribution < 1.29 is 14.3 Å². The van der Waals surface area contributed by atoms with E-state index in [1.165, 1.54) is 11.1 Å². The number of H-pyrrole nitrogens is 2. The van der Waals surface area contributed by atoms with Crippen molar-refractivity contribution in [1.29, 1.82) is 0 Å². The Kier molecular flexibility index (Phi) is 6.18. The molecule has 2 N–H and O–H groups in total. The second-order valence-electron chi connectivity index (χ2n) is 6.15. The van der Waals surface area contributed by atoms with E-state index < -0.39 is 11.5 Å². The lowest BCUT2D eigenvalue weighted by Gasteiger charge is -2.15. The average Bonchev–Trinajstić information content (AvgIpc) is 3.14. The fourth-order valence-electron chi connectivity index (χ4n) is 2.57. The van der Waals surface area contributed by atoms with Gasteiger partial charge >= 0.3 is 0 Å². The molecule has 1 aromatic carbocycles. The third-order valence-electron chi connectivity index (χ3n) is 3.93. The zero-order valence-corrected chi connectivity index (χ0v) is 15.6. The van der Waals surface area contributed by atoms with E-state index in [9.17, 15) is 9.59 Å². The molecule has 9 heteroatoms. The Hall–Kier alpha value is -3.46. The lowest BCUT2D eigenvalue weighted by atomic mass is 10.2. The smallest absolute Gasteiger partial charge is 0.263 e. The van der Waals surface area contributed by atoms with Gasteiger partial charge in [-0.2, -0.15) is 5.10 Å². The number of hydrogen-bond donors (Lipinski definition) is 2. The number of amides is 1. The van der Waals surface area contributed by atoms with Crippen molar-refractivity contribution in [2.45, 2.75) is 19.8 Å². The second kappa shape index (κ2) is 8.96. The molecule has 0 spiro atoms. The summed E-state index contributed by atoms with van der Waals surface area (Å²) >= 11 is 0. The Morgan fingerprint density at radius 2 is 2.00 bits per heavy atom. The van der Waals surface area contributed by atoms with E-state index in [1.807, 2.05) is 18.2 Å². The van der Waals surface area contributed by atoms with Crippen molar-refractivity contribution in [2.75, 3.05) is 14.2 Å². The van der Waals surface area contributed by atoms with Gasteiger partial charge in [0.2, 0.25) is 0 Å². The maximum Gasteiger partial charge on any atom is 0.263 e. The molecule has 3 rings (SSSR count). The van der Waals surface area contributed by atoms with Gasteiger partial charge in [0.05, 0.1) is 24.5 Å². The van der Waals surface area contributed by atoms with Gasteiger partial charge in [-0.25, -0.2) is 4.98 Å². The normalized spacial score (nSPS) is 10.6. The van der Waals surface area contributed by atoms with Crippen molar-refractivity contribution in [3.05, 3.63) is 75.7 Å². The van der Waals surface area contributed by atoms with Crippen LogP contribution in [0.3, 0.4) is 0 Å². The van der Waals surface area contributed by atoms with Crippen LogP contribution in [0, 0.1) is 0 Å². The van der Waals surface area contributed by atoms with Gasteiger partial charge in [-0.1, -0.05) is 18.2 Å². The second-order valence-corrected chi connectivity index (χ2v) is 6.15. The Morgan fingerprint density at radius 3 is 2.71 bits per heavy atom. The van der Waals surface area contributed by atoms with Crippen LogP contribution < -0.4 is 10.3 Å². The maximum absolute atomic E-state index is 12.6. The molecule has 0 fully saturated rings. The number of methoxy groups -OCH3 is 1. The van der Waals surface area contributed by atoms with Gasteiger partial charge in [0, 0.05) is 20.4 Å². The highest BCUT2D eigenvalue weighted by atomic mass is 16.5. The van der Waals surface area contributed by atoms with Gasteiger partial charge in [0.25, 0.3) is 11.5 Å². The third-order valence-corrected chi connectivity index (χ3v) is 3.93. The van der Waals surface area contributed by atoms with E-state index in [0.717, 1.165) is 11.4 Å². The summed E-state index contributed by atoms with van der Waals surface area (Å²) in [7, 11) is 3.18. The Morgan fingerprint density at radius 1 is 1.21 bits per heavy atom. The summed E-state index contributed by atoms with van der Waals surface area (Å²) in [5.41, 5.74) is 0.923. The van der Waals surface area contributed by atoms with Crippen LogP contribution in [0.4, 0.5) is 0 Å². The fourth-order valence-corrected chi connectivity index (χ4v) is 2.57. The molecule has 3 aromatic rings. The van der Waals surface area contributed by atoms with Crippen molar-refractivity contribution in [3.8, 4) is 5.75 Å². The highest BCUT2D eigenvalue weighted by Crippen LogP contribution is 2.10. The Labute approximate surface area is 161 Å². The minimum atomic E-state index is -0.511. The number of aromatic nitrogens is 4. The monoisotopic (exact) mass is 383 g/mol. The van der Waals surface area contributed by atoms with Crippen LogP contribution >= 0.6 is 0 Å². The number of para-hydroxylation sites is 1. The molecule has 0 atom stereocenters. The minimum absolute atomic E-state index is 0.0393. The number of ether oxygens (including phenoxy) is 2. The number of carbonyl (C=O) groups excluding carboxylic acids is 1. The molecular formula is C19H21N5O4. The summed E-state index contributed by atoms with van der Waals surface area (Å²) in [6.45, 7) is 0.748. The van der Waals surface area contributed by atoms with Crippen LogP contribution in [0.1, 0.15) is 27.6 Å². The molecular weight excluding hydrogens is 362 g/mol. The number of carbonyl (C=O) groups is 1. The molecule has 0 radical (unpaired) electrons. The SMILES string of the molecule is COCc1cc(CN(C)C(=O)c2cnc(COc3ccccc3)[nH]c2=O)[nH]n1. The molecule has 2 aromatic heterocycles. The summed E-state index contributed by atoms with van der Waals surface area (Å²) in [6.07, 6.45) is 1.27. The van der Waals surface area contributed by atoms with Crippen LogP contribution in [-0.4, -0.2) is 45.1 Å². The first-order valence-corrected chi connectivity index (χ1v) is 8.60. The highest BCUT2D eigenvalue weighted by molar-refractivity contribution is 5.93. The van der Waals surface area contributed by atoms with Crippen molar-refractivity contribution in [3.63, 3.8) is 0 Å². The molecule has 9 nitrogen and oxygen atoms in total. The fraction of sp³-hybridized carbons (Fsp3) is 0.263. The van der Waals surface area contributed by atoms with Crippen LogP contribution in [-0.2, 0) is 24.5 Å². The third kappa shape index (κ3) is 4.83. The molecule has 0 unspecified atom stereocenters. The Bertz CT molecular complexity index is 983. The number of hydrogen-bond acceptors (Lipinski definition) is 6. The van der Waals surface area contributed by atoms with Crippen molar-refractivity contribution in [2.24, 2.45) is 0 Å². The van der Waals surface area contributed by atoms with Gasteiger partial charge in [0.1, 0.15) is 23.7 Å². The topological polar surface area (TPSA) is 113 Å². The maximum atomic E-state index is 12.6. The van der Waals surface area contributed by atoms with E-state index >= 15 is 0 Å². The zero-order chi connectivity index (χ0) is 19.9. The standard InChI is InChI=1S/C19H21N5O4/c1-24(10-13-8-14(11-27-2)23-22-13)19(26)16-9-20-17(21-18(16)25)12-28-15-6-4-3-5-7-15/h3-9H,10-12H2,1-2H3,(H,22,23)(H,20,21,25). The van der Waals surface area contributed by atoms with Crippen LogP contribution in [0.25, 0.3) is 0 Å². The molecule has 0 bridgehead atoms. The zero-order valence-electron chi connectivity index (χ0n) is 15.6. The van der Waals surface area contributed by atoms with Gasteiger partial charge in [-0.15, -0.1) is 0 Å². The van der Waals surface area contributed by atoms with Gasteiger partial charge in [-0.3, -0.25) is 14.7 Å². The van der Waals surface area contributed by atoms with E-state index in [-0.39, 0.29) is 18.7 Å². The van der Waals surface area contributed by atoms with Gasteiger partial charge in [-0.05, 0) is 18.2 Å². The lowest BCUT2D eigenvalue weighted by molar-refractivity contribution is 0.0781. The summed E-state index contributed by atoms with van der Waals surface area (Å²) in [4.78, 5) is 33.0. The first-order valence-electron chi connectivity index (χ1n) is 8.60. The number of benzene rings is 1. The highest BCUT2D eigenvalue weighted by Gasteiger charge is 2.17. The molecule has 0 saturated carbocycles. The molecule has 2 heterocycles. The summed E-state index contributed by atoms with van der Waals surface area (Å²) in [5, 5.41) is 6.93. The summed E-state index contributed by atoms with van der Waals surface area (Å²) in [6, 6.07) is 11.0. The first-order chi connectivity index (χ1) is 13.6. The predicted molar refractivity (Wildman–Crippen MR) is 101 cm³/mol. The number of rotatable bonds is 8. The average molecular weight is 383 g/mol. The van der Waals surface area contributed by atoms with Crippen LogP contribution in [0.15, 0.2) is 47.4 Å². The van der Waals surface area contributed by atoms with Crippen LogP contribution in [0.5, 0.6) is 5.75 Å². The number of nitrogens with zero attached hydrogens (tertiary/aromatic N) is 3. The van der Waals surface area contributed by atoms with E-state index in [4.69, 9.17) is 9.47 Å². The first kappa shape index (κ1) is 19.3. The quantitative estimate of drug-likeness (QED) is 0.609. The molecule has 28 heavy (non-hydrogen) atoms. The molecule has 0 aliphatic carbocycles. The summed E-state index contributed by atoms with van der Waals surface area (Å²) in [5.74, 6) is 0.565. The van der Waals surface area contributed by atoms with Gasteiger partial charge < -0.3 is 19.4 Å². The van der Waals surface area contributed by atoms with Crippen LogP contribution in [0.2, 0.25) is 0 Å². The van der Waals surface area contributed by atoms with E-state index in [0.29, 0.717) is 18.2 Å². The number of nitrogens with one attached hydrogen (secondary N) is 2. The predicted octanol–water partition coefficient (Wildman–Crippen LogP) is 1.49. The van der Waals surface area contributed by atoms with Crippen molar-refractivity contribution in [1.82, 2.24) is 25.1 Å². The number of aromatic amines is 2. The molecule has 1 amide bonds. The lowest BCUT2D eigenvalue weighted by Crippen LogP contribution is -2.32. The molecule has 146 valence electrons. The minimum Gasteiger partial charge on any atom is -0.486 e. The molecule has 0 aliphatic heterocycles. The van der Waals surface area contributed by atoms with Crippen molar-refractivity contribution >= 4 is 5.91 Å². The van der Waals surface area contributed by atoms with E-state index in [1.54, 1.807) is 32.4 Å². The Balaban J connectivity index is 1.63.